The van der Waals surface area contributed by atoms with Gasteiger partial charge in [0.25, 0.3) is 0 Å². The maximum Gasteiger partial charge on any atom is 0.191 e. The Morgan fingerprint density at radius 1 is 1.16 bits per heavy atom. The van der Waals surface area contributed by atoms with E-state index in [9.17, 15) is 0 Å². The molecular weight excluding hydrogens is 363 g/mol. The van der Waals surface area contributed by atoms with Crippen molar-refractivity contribution in [3.8, 4) is 0 Å². The van der Waals surface area contributed by atoms with Gasteiger partial charge in [0, 0.05) is 6.61 Å². The van der Waals surface area contributed by atoms with Gasteiger partial charge >= 0.3 is 0 Å². The Kier molecular flexibility index (Phi) is 9.20. The summed E-state index contributed by atoms with van der Waals surface area (Å²) in [4.78, 5) is 0. The first-order chi connectivity index (χ1) is 8.70. The van der Waals surface area contributed by atoms with E-state index in [-0.39, 0.29) is 0 Å². The highest BCUT2D eigenvalue weighted by molar-refractivity contribution is 14.1. The Balaban J connectivity index is 3.87. The maximum atomic E-state index is 6.11. The molecule has 0 bridgehead atoms. The van der Waals surface area contributed by atoms with Crippen LogP contribution in [0.15, 0.2) is 34.0 Å². The topological polar surface area (TPSA) is 9.23 Å². The lowest BCUT2D eigenvalue weighted by molar-refractivity contribution is 0.294. The molecule has 1 nitrogen and oxygen atoms in total. The van der Waals surface area contributed by atoms with Crippen molar-refractivity contribution in [2.75, 3.05) is 6.61 Å². The molecule has 3 heteroatoms. The summed E-state index contributed by atoms with van der Waals surface area (Å²) in [6.45, 7) is 14.4. The number of halogens is 1. The molecule has 0 aromatic carbocycles. The van der Waals surface area contributed by atoms with Crippen LogP contribution in [-0.4, -0.2) is 14.9 Å². The summed E-state index contributed by atoms with van der Waals surface area (Å²) >= 11 is 2.28. The van der Waals surface area contributed by atoms with E-state index in [1.165, 1.54) is 5.57 Å². The van der Waals surface area contributed by atoms with Gasteiger partial charge in [0.15, 0.2) is 8.32 Å². The summed E-state index contributed by atoms with van der Waals surface area (Å²) < 4.78 is 8.23. The highest BCUT2D eigenvalue weighted by atomic mass is 127. The molecule has 0 fully saturated rings. The molecule has 110 valence electrons. The first-order valence-corrected chi connectivity index (χ1v) is 11.1. The average molecular weight is 392 g/mol. The van der Waals surface area contributed by atoms with Gasteiger partial charge in [0.05, 0.1) is 0 Å². The van der Waals surface area contributed by atoms with Gasteiger partial charge in [0.2, 0.25) is 0 Å². The predicted octanol–water partition coefficient (Wildman–Crippen LogP) is 6.24. The third-order valence-corrected chi connectivity index (χ3v) is 9.16. The SMILES string of the molecule is C/C(=C/I)C/C=C\C=C/CCO[Si](C)(C)C(C)(C)C. The molecule has 0 aliphatic carbocycles. The fraction of sp³-hybridized carbons (Fsp3) is 0.625. The molecule has 0 N–H and O–H groups in total. The molecule has 0 saturated heterocycles. The largest absolute Gasteiger partial charge is 0.417 e. The molecule has 0 atom stereocenters. The van der Waals surface area contributed by atoms with Gasteiger partial charge in [-0.2, -0.15) is 0 Å². The van der Waals surface area contributed by atoms with Crippen LogP contribution in [0.2, 0.25) is 18.1 Å². The molecule has 0 unspecified atom stereocenters. The Morgan fingerprint density at radius 2 is 1.74 bits per heavy atom. The van der Waals surface area contributed by atoms with Crippen molar-refractivity contribution in [2.45, 2.75) is 58.7 Å². The Labute approximate surface area is 134 Å². The van der Waals surface area contributed by atoms with Crippen LogP contribution in [0.4, 0.5) is 0 Å². The van der Waals surface area contributed by atoms with E-state index in [2.05, 4.69) is 91.8 Å². The van der Waals surface area contributed by atoms with E-state index >= 15 is 0 Å². The van der Waals surface area contributed by atoms with Crippen molar-refractivity contribution in [1.29, 1.82) is 0 Å². The molecule has 0 heterocycles. The van der Waals surface area contributed by atoms with Crippen LogP contribution in [0, 0.1) is 0 Å². The molecule has 0 aliphatic heterocycles. The standard InChI is InChI=1S/C16H29IOSi/c1-15(14-17)12-10-8-7-9-11-13-18-19(5,6)16(2,3)4/h7-10,14H,11-13H2,1-6H3/b9-7-,10-8-,15-14-. The third kappa shape index (κ3) is 8.81. The van der Waals surface area contributed by atoms with E-state index in [0.717, 1.165) is 19.4 Å². The van der Waals surface area contributed by atoms with Gasteiger partial charge in [0.1, 0.15) is 0 Å². The minimum Gasteiger partial charge on any atom is -0.417 e. The molecule has 0 spiro atoms. The summed E-state index contributed by atoms with van der Waals surface area (Å²) in [5.41, 5.74) is 1.39. The van der Waals surface area contributed by atoms with E-state index in [0.29, 0.717) is 5.04 Å². The molecule has 0 saturated carbocycles. The third-order valence-electron chi connectivity index (χ3n) is 3.56. The Morgan fingerprint density at radius 3 is 2.26 bits per heavy atom. The summed E-state index contributed by atoms with van der Waals surface area (Å²) in [7, 11) is -1.56. The minimum atomic E-state index is -1.56. The van der Waals surface area contributed by atoms with Gasteiger partial charge in [-0.25, -0.2) is 0 Å². The zero-order valence-electron chi connectivity index (χ0n) is 13.3. The molecule has 0 rings (SSSR count). The van der Waals surface area contributed by atoms with E-state index in [4.69, 9.17) is 4.43 Å². The zero-order valence-corrected chi connectivity index (χ0v) is 16.5. The Bertz CT molecular complexity index is 335. The molecule has 0 aliphatic rings. The van der Waals surface area contributed by atoms with Gasteiger partial charge in [-0.05, 0) is 42.0 Å². The minimum absolute atomic E-state index is 0.305. The van der Waals surface area contributed by atoms with Crippen LogP contribution < -0.4 is 0 Å². The first-order valence-electron chi connectivity index (χ1n) is 6.92. The second-order valence-corrected chi connectivity index (χ2v) is 11.8. The van der Waals surface area contributed by atoms with Crippen LogP contribution in [0.5, 0.6) is 0 Å². The smallest absolute Gasteiger partial charge is 0.191 e. The van der Waals surface area contributed by atoms with Crippen LogP contribution in [0.3, 0.4) is 0 Å². The van der Waals surface area contributed by atoms with Gasteiger partial charge in [-0.15, -0.1) is 0 Å². The van der Waals surface area contributed by atoms with E-state index < -0.39 is 8.32 Å². The van der Waals surface area contributed by atoms with Crippen molar-refractivity contribution >= 4 is 30.9 Å². The summed E-state index contributed by atoms with van der Waals surface area (Å²) in [5.74, 6) is 0. The van der Waals surface area contributed by atoms with Gasteiger partial charge < -0.3 is 4.43 Å². The van der Waals surface area contributed by atoms with Crippen LogP contribution >= 0.6 is 22.6 Å². The fourth-order valence-corrected chi connectivity index (χ4v) is 2.47. The predicted molar refractivity (Wildman–Crippen MR) is 98.4 cm³/mol. The second kappa shape index (κ2) is 9.13. The monoisotopic (exact) mass is 392 g/mol. The molecular formula is C16H29IOSi. The molecule has 0 aromatic rings. The van der Waals surface area contributed by atoms with Gasteiger partial charge in [-0.1, -0.05) is 73.2 Å². The zero-order chi connectivity index (χ0) is 14.9. The number of hydrogen-bond donors (Lipinski definition) is 0. The van der Waals surface area contributed by atoms with Crippen molar-refractivity contribution in [3.05, 3.63) is 34.0 Å². The number of hydrogen-bond acceptors (Lipinski definition) is 1. The number of rotatable bonds is 7. The highest BCUT2D eigenvalue weighted by Gasteiger charge is 2.36. The quantitative estimate of drug-likeness (QED) is 0.216. The second-order valence-electron chi connectivity index (χ2n) is 6.41. The van der Waals surface area contributed by atoms with Crippen LogP contribution in [0.1, 0.15) is 40.5 Å². The number of allylic oxidation sites excluding steroid dienone is 4. The fourth-order valence-electron chi connectivity index (χ4n) is 1.15. The normalized spacial score (nSPS) is 14.8. The molecule has 0 aromatic heterocycles. The Hall–Kier alpha value is 0.127. The first kappa shape index (κ1) is 19.1. The summed E-state index contributed by atoms with van der Waals surface area (Å²) in [5, 5.41) is 0.305. The van der Waals surface area contributed by atoms with Crippen molar-refractivity contribution in [3.63, 3.8) is 0 Å². The van der Waals surface area contributed by atoms with Crippen molar-refractivity contribution < 1.29 is 4.43 Å². The van der Waals surface area contributed by atoms with E-state index in [1.807, 2.05) is 0 Å². The van der Waals surface area contributed by atoms with Crippen molar-refractivity contribution in [1.82, 2.24) is 0 Å². The lowest BCUT2D eigenvalue weighted by Gasteiger charge is -2.36. The summed E-state index contributed by atoms with van der Waals surface area (Å²) in [6.07, 6.45) is 10.7. The summed E-state index contributed by atoms with van der Waals surface area (Å²) in [6, 6.07) is 0. The highest BCUT2D eigenvalue weighted by Crippen LogP contribution is 2.36. The molecule has 0 amide bonds. The van der Waals surface area contributed by atoms with E-state index in [1.54, 1.807) is 0 Å². The van der Waals surface area contributed by atoms with Gasteiger partial charge in [-0.3, -0.25) is 0 Å². The lowest BCUT2D eigenvalue weighted by atomic mass is 10.2. The average Bonchev–Trinajstić information content (AvgIpc) is 2.30. The van der Waals surface area contributed by atoms with Crippen molar-refractivity contribution in [2.24, 2.45) is 0 Å². The molecule has 19 heavy (non-hydrogen) atoms. The van der Waals surface area contributed by atoms with Crippen LogP contribution in [0.25, 0.3) is 0 Å². The van der Waals surface area contributed by atoms with Crippen LogP contribution in [-0.2, 0) is 4.43 Å². The maximum absolute atomic E-state index is 6.11. The lowest BCUT2D eigenvalue weighted by Crippen LogP contribution is -2.40. The molecule has 0 radical (unpaired) electrons.